The van der Waals surface area contributed by atoms with Crippen molar-refractivity contribution in [3.05, 3.63) is 35.9 Å². The van der Waals surface area contributed by atoms with Crippen molar-refractivity contribution in [3.63, 3.8) is 0 Å². The highest BCUT2D eigenvalue weighted by Crippen LogP contribution is 2.02. The number of carbonyl (C=O) groups excluding carboxylic acids is 1. The van der Waals surface area contributed by atoms with Crippen molar-refractivity contribution in [2.75, 3.05) is 6.61 Å². The molecule has 1 aromatic rings. The van der Waals surface area contributed by atoms with Crippen molar-refractivity contribution in [2.24, 2.45) is 0 Å². The molecule has 1 N–H and O–H groups in total. The maximum absolute atomic E-state index is 10.9. The van der Waals surface area contributed by atoms with Crippen LogP contribution in [0.3, 0.4) is 0 Å². The SMILES string of the molecule is CCCC.O=C(O)CC(=O)OCCCc1ccccc1. The van der Waals surface area contributed by atoms with Crippen LogP contribution in [-0.4, -0.2) is 23.7 Å². The third kappa shape index (κ3) is 11.3. The molecule has 0 aromatic heterocycles. The van der Waals surface area contributed by atoms with Crippen molar-refractivity contribution < 1.29 is 19.4 Å². The minimum Gasteiger partial charge on any atom is -0.481 e. The summed E-state index contributed by atoms with van der Waals surface area (Å²) in [5.41, 5.74) is 1.18. The van der Waals surface area contributed by atoms with Crippen LogP contribution in [-0.2, 0) is 20.7 Å². The molecular weight excluding hydrogens is 256 g/mol. The molecule has 0 atom stereocenters. The van der Waals surface area contributed by atoms with Crippen molar-refractivity contribution >= 4 is 11.9 Å². The van der Waals surface area contributed by atoms with Gasteiger partial charge in [-0.05, 0) is 18.4 Å². The van der Waals surface area contributed by atoms with E-state index < -0.39 is 18.4 Å². The second-order valence-corrected chi connectivity index (χ2v) is 4.38. The van der Waals surface area contributed by atoms with E-state index in [-0.39, 0.29) is 6.61 Å². The van der Waals surface area contributed by atoms with Gasteiger partial charge in [0.2, 0.25) is 0 Å². The van der Waals surface area contributed by atoms with Crippen LogP contribution in [0.2, 0.25) is 0 Å². The van der Waals surface area contributed by atoms with E-state index in [1.807, 2.05) is 30.3 Å². The molecule has 0 unspecified atom stereocenters. The number of aryl methyl sites for hydroxylation is 1. The van der Waals surface area contributed by atoms with Gasteiger partial charge < -0.3 is 9.84 Å². The van der Waals surface area contributed by atoms with E-state index >= 15 is 0 Å². The van der Waals surface area contributed by atoms with Gasteiger partial charge in [-0.25, -0.2) is 0 Å². The lowest BCUT2D eigenvalue weighted by Gasteiger charge is -2.03. The molecule has 112 valence electrons. The number of aliphatic carboxylic acids is 1. The van der Waals surface area contributed by atoms with Gasteiger partial charge in [-0.2, -0.15) is 0 Å². The molecule has 0 spiro atoms. The quantitative estimate of drug-likeness (QED) is 0.472. The number of ether oxygens (including phenoxy) is 1. The second kappa shape index (κ2) is 12.2. The van der Waals surface area contributed by atoms with Crippen LogP contribution < -0.4 is 0 Å². The van der Waals surface area contributed by atoms with E-state index in [0.29, 0.717) is 6.42 Å². The summed E-state index contributed by atoms with van der Waals surface area (Å²) in [7, 11) is 0. The molecule has 0 saturated carbocycles. The molecule has 0 bridgehead atoms. The van der Waals surface area contributed by atoms with Crippen LogP contribution in [0.25, 0.3) is 0 Å². The van der Waals surface area contributed by atoms with Crippen molar-refractivity contribution in [3.8, 4) is 0 Å². The Hall–Kier alpha value is -1.84. The van der Waals surface area contributed by atoms with Gasteiger partial charge in [0.1, 0.15) is 6.42 Å². The smallest absolute Gasteiger partial charge is 0.317 e. The number of carbonyl (C=O) groups is 2. The summed E-state index contributed by atoms with van der Waals surface area (Å²) in [6, 6.07) is 9.84. The Balaban J connectivity index is 0.000000796. The fourth-order valence-corrected chi connectivity index (χ4v) is 1.28. The first-order chi connectivity index (χ1) is 9.60. The van der Waals surface area contributed by atoms with Gasteiger partial charge in [-0.3, -0.25) is 9.59 Å². The van der Waals surface area contributed by atoms with Crippen LogP contribution in [0.4, 0.5) is 0 Å². The number of hydrogen-bond acceptors (Lipinski definition) is 3. The molecule has 0 saturated heterocycles. The molecule has 20 heavy (non-hydrogen) atoms. The van der Waals surface area contributed by atoms with Crippen LogP contribution in [0.5, 0.6) is 0 Å². The van der Waals surface area contributed by atoms with Crippen LogP contribution in [0.15, 0.2) is 30.3 Å². The number of hydrogen-bond donors (Lipinski definition) is 1. The van der Waals surface area contributed by atoms with Gasteiger partial charge in [0.15, 0.2) is 0 Å². The summed E-state index contributed by atoms with van der Waals surface area (Å²) < 4.78 is 4.75. The highest BCUT2D eigenvalue weighted by atomic mass is 16.5. The molecule has 0 amide bonds. The highest BCUT2D eigenvalue weighted by Gasteiger charge is 2.07. The number of carboxylic acids is 1. The zero-order valence-corrected chi connectivity index (χ0v) is 12.3. The largest absolute Gasteiger partial charge is 0.481 e. The summed E-state index contributed by atoms with van der Waals surface area (Å²) >= 11 is 0. The van der Waals surface area contributed by atoms with Gasteiger partial charge in [0, 0.05) is 0 Å². The Bertz CT molecular complexity index is 371. The topological polar surface area (TPSA) is 63.6 Å². The monoisotopic (exact) mass is 280 g/mol. The summed E-state index contributed by atoms with van der Waals surface area (Å²) in [4.78, 5) is 21.0. The molecule has 4 nitrogen and oxygen atoms in total. The standard InChI is InChI=1S/C12H14O4.C4H10/c13-11(14)9-12(15)16-8-4-7-10-5-2-1-3-6-10;1-3-4-2/h1-3,5-6H,4,7-9H2,(H,13,14);3-4H2,1-2H3. The Morgan fingerprint density at radius 2 is 1.70 bits per heavy atom. The van der Waals surface area contributed by atoms with Gasteiger partial charge >= 0.3 is 11.9 Å². The molecule has 0 heterocycles. The Labute approximate surface area is 120 Å². The van der Waals surface area contributed by atoms with E-state index in [1.165, 1.54) is 18.4 Å². The summed E-state index contributed by atoms with van der Waals surface area (Å²) in [5.74, 6) is -1.84. The van der Waals surface area contributed by atoms with Crippen LogP contribution >= 0.6 is 0 Å². The molecule has 0 aliphatic heterocycles. The summed E-state index contributed by atoms with van der Waals surface area (Å²) in [6.07, 6.45) is 3.60. The number of esters is 1. The van der Waals surface area contributed by atoms with Gasteiger partial charge in [-0.1, -0.05) is 57.0 Å². The minimum atomic E-state index is -1.16. The second-order valence-electron chi connectivity index (χ2n) is 4.38. The lowest BCUT2D eigenvalue weighted by Crippen LogP contribution is -2.11. The van der Waals surface area contributed by atoms with Crippen molar-refractivity contribution in [1.29, 1.82) is 0 Å². The van der Waals surface area contributed by atoms with E-state index in [0.717, 1.165) is 6.42 Å². The van der Waals surface area contributed by atoms with Crippen molar-refractivity contribution in [1.82, 2.24) is 0 Å². The Kier molecular flexibility index (Phi) is 11.1. The molecule has 0 aliphatic rings. The number of unbranched alkanes of at least 4 members (excludes halogenated alkanes) is 1. The van der Waals surface area contributed by atoms with E-state index in [4.69, 9.17) is 9.84 Å². The van der Waals surface area contributed by atoms with Gasteiger partial charge in [-0.15, -0.1) is 0 Å². The summed E-state index contributed by atoms with van der Waals surface area (Å²) in [5, 5.41) is 8.32. The van der Waals surface area contributed by atoms with Crippen LogP contribution in [0.1, 0.15) is 45.1 Å². The average Bonchev–Trinajstić information content (AvgIpc) is 2.44. The molecule has 1 rings (SSSR count). The summed E-state index contributed by atoms with van der Waals surface area (Å²) in [6.45, 7) is 4.63. The Morgan fingerprint density at radius 3 is 2.20 bits per heavy atom. The lowest BCUT2D eigenvalue weighted by atomic mass is 10.1. The number of carboxylic acid groups (broad SMARTS) is 1. The first kappa shape index (κ1) is 18.2. The first-order valence-corrected chi connectivity index (χ1v) is 7.01. The number of rotatable bonds is 7. The maximum atomic E-state index is 10.9. The zero-order valence-electron chi connectivity index (χ0n) is 12.3. The molecule has 0 fully saturated rings. The lowest BCUT2D eigenvalue weighted by molar-refractivity contribution is -0.151. The van der Waals surface area contributed by atoms with Gasteiger partial charge in [0.25, 0.3) is 0 Å². The fourth-order valence-electron chi connectivity index (χ4n) is 1.28. The van der Waals surface area contributed by atoms with E-state index in [9.17, 15) is 9.59 Å². The predicted molar refractivity (Wildman–Crippen MR) is 78.6 cm³/mol. The van der Waals surface area contributed by atoms with Crippen molar-refractivity contribution in [2.45, 2.75) is 46.0 Å². The average molecular weight is 280 g/mol. The predicted octanol–water partition coefficient (Wildman–Crippen LogP) is 3.44. The molecule has 0 aliphatic carbocycles. The van der Waals surface area contributed by atoms with Gasteiger partial charge in [0.05, 0.1) is 6.61 Å². The minimum absolute atomic E-state index is 0.265. The fraction of sp³-hybridized carbons (Fsp3) is 0.500. The Morgan fingerprint density at radius 1 is 1.10 bits per heavy atom. The molecular formula is C16H24O4. The third-order valence-electron chi connectivity index (χ3n) is 2.51. The zero-order chi connectivity index (χ0) is 15.2. The molecule has 4 heteroatoms. The number of benzene rings is 1. The van der Waals surface area contributed by atoms with E-state index in [2.05, 4.69) is 13.8 Å². The van der Waals surface area contributed by atoms with E-state index in [1.54, 1.807) is 0 Å². The highest BCUT2D eigenvalue weighted by molar-refractivity contribution is 5.90. The molecule has 0 radical (unpaired) electrons. The molecule has 1 aromatic carbocycles. The normalized spacial score (nSPS) is 9.30. The maximum Gasteiger partial charge on any atom is 0.317 e. The van der Waals surface area contributed by atoms with Crippen LogP contribution in [0, 0.1) is 0 Å². The first-order valence-electron chi connectivity index (χ1n) is 7.01. The third-order valence-corrected chi connectivity index (χ3v) is 2.51.